The van der Waals surface area contributed by atoms with E-state index < -0.39 is 0 Å². The number of hydrogen-bond acceptors (Lipinski definition) is 1. The molecule has 0 N–H and O–H groups in total. The number of carbonyl (C=O) groups is 1. The van der Waals surface area contributed by atoms with Gasteiger partial charge in [0.25, 0.3) is 0 Å². The summed E-state index contributed by atoms with van der Waals surface area (Å²) in [4.78, 5) is 11.7. The molecule has 0 saturated heterocycles. The van der Waals surface area contributed by atoms with Crippen molar-refractivity contribution in [2.45, 2.75) is 33.6 Å². The summed E-state index contributed by atoms with van der Waals surface area (Å²) >= 11 is 0. The van der Waals surface area contributed by atoms with Gasteiger partial charge in [-0.2, -0.15) is 0 Å². The van der Waals surface area contributed by atoms with Crippen LogP contribution >= 0.6 is 0 Å². The average Bonchev–Trinajstić information content (AvgIpc) is 2.20. The largest absolute Gasteiger partial charge is 0.299 e. The lowest BCUT2D eigenvalue weighted by atomic mass is 9.95. The van der Waals surface area contributed by atoms with E-state index in [1.54, 1.807) is 6.07 Å². The Morgan fingerprint density at radius 3 is 2.67 bits per heavy atom. The summed E-state index contributed by atoms with van der Waals surface area (Å²) < 4.78 is 12.8. The summed E-state index contributed by atoms with van der Waals surface area (Å²) in [6, 6.07) is 4.58. The lowest BCUT2D eigenvalue weighted by Gasteiger charge is -2.09. The fourth-order valence-electron chi connectivity index (χ4n) is 1.45. The maximum Gasteiger partial charge on any atom is 0.140 e. The highest BCUT2D eigenvalue weighted by Crippen LogP contribution is 2.14. The highest BCUT2D eigenvalue weighted by atomic mass is 19.1. The van der Waals surface area contributed by atoms with Crippen molar-refractivity contribution in [1.29, 1.82) is 0 Å². The number of Topliss-reactive ketones (excluding diaryl/α,β-unsaturated/α-hetero) is 1. The third-order valence-corrected chi connectivity index (χ3v) is 2.83. The summed E-state index contributed by atoms with van der Waals surface area (Å²) in [5, 5.41) is 0. The fourth-order valence-corrected chi connectivity index (χ4v) is 1.45. The first kappa shape index (κ1) is 11.9. The number of aryl methyl sites for hydroxylation is 1. The molecule has 2 heteroatoms. The van der Waals surface area contributed by atoms with Crippen LogP contribution in [0.25, 0.3) is 0 Å². The summed E-state index contributed by atoms with van der Waals surface area (Å²) in [6.45, 7) is 5.77. The molecule has 0 aliphatic heterocycles. The van der Waals surface area contributed by atoms with Crippen LogP contribution in [-0.2, 0) is 11.2 Å². The van der Waals surface area contributed by atoms with Crippen LogP contribution in [0, 0.1) is 18.7 Å². The maximum absolute atomic E-state index is 12.8. The van der Waals surface area contributed by atoms with Gasteiger partial charge in [-0.05, 0) is 36.6 Å². The lowest BCUT2D eigenvalue weighted by molar-refractivity contribution is -0.121. The number of carbonyl (C=O) groups excluding carboxylic acids is 1. The first-order valence-corrected chi connectivity index (χ1v) is 5.32. The Morgan fingerprint density at radius 1 is 1.47 bits per heavy atom. The molecule has 82 valence electrons. The van der Waals surface area contributed by atoms with E-state index in [1.807, 2.05) is 20.8 Å². The predicted molar refractivity (Wildman–Crippen MR) is 59.3 cm³/mol. The van der Waals surface area contributed by atoms with Crippen LogP contribution in [-0.4, -0.2) is 5.78 Å². The van der Waals surface area contributed by atoms with Crippen LogP contribution < -0.4 is 0 Å². The van der Waals surface area contributed by atoms with Crippen LogP contribution in [0.4, 0.5) is 4.39 Å². The molecule has 0 aliphatic carbocycles. The smallest absolute Gasteiger partial charge is 0.140 e. The van der Waals surface area contributed by atoms with Gasteiger partial charge in [-0.15, -0.1) is 0 Å². The van der Waals surface area contributed by atoms with Crippen molar-refractivity contribution >= 4 is 5.78 Å². The Bertz CT molecular complexity index is 358. The molecule has 0 spiro atoms. The van der Waals surface area contributed by atoms with Crippen molar-refractivity contribution in [3.05, 3.63) is 35.1 Å². The molecule has 1 atom stereocenters. The SMILES string of the molecule is CCC(C)C(=O)Cc1ccc(F)cc1C. The molecule has 0 radical (unpaired) electrons. The third-order valence-electron chi connectivity index (χ3n) is 2.83. The zero-order chi connectivity index (χ0) is 11.4. The monoisotopic (exact) mass is 208 g/mol. The van der Waals surface area contributed by atoms with Gasteiger partial charge in [-0.3, -0.25) is 4.79 Å². The minimum atomic E-state index is -0.243. The summed E-state index contributed by atoms with van der Waals surface area (Å²) in [5.74, 6) is 0.0777. The number of ketones is 1. The van der Waals surface area contributed by atoms with Gasteiger partial charge in [-0.25, -0.2) is 4.39 Å². The molecule has 0 heterocycles. The van der Waals surface area contributed by atoms with Crippen LogP contribution in [0.5, 0.6) is 0 Å². The van der Waals surface area contributed by atoms with E-state index in [4.69, 9.17) is 0 Å². The second-order valence-electron chi connectivity index (χ2n) is 4.02. The van der Waals surface area contributed by atoms with Crippen LogP contribution in [0.2, 0.25) is 0 Å². The van der Waals surface area contributed by atoms with Gasteiger partial charge in [0.2, 0.25) is 0 Å². The van der Waals surface area contributed by atoms with Gasteiger partial charge in [0.05, 0.1) is 0 Å². The molecular formula is C13H17FO. The number of halogens is 1. The normalized spacial score (nSPS) is 12.5. The molecule has 0 saturated carbocycles. The van der Waals surface area contributed by atoms with Crippen LogP contribution in [0.15, 0.2) is 18.2 Å². The molecule has 1 nitrogen and oxygen atoms in total. The van der Waals surface area contributed by atoms with Crippen molar-refractivity contribution in [3.8, 4) is 0 Å². The summed E-state index contributed by atoms with van der Waals surface area (Å²) in [7, 11) is 0. The standard InChI is InChI=1S/C13H17FO/c1-4-9(2)13(15)8-11-5-6-12(14)7-10(11)3/h5-7,9H,4,8H2,1-3H3. The van der Waals surface area contributed by atoms with E-state index in [9.17, 15) is 9.18 Å². The zero-order valence-electron chi connectivity index (χ0n) is 9.51. The molecule has 0 bridgehead atoms. The molecule has 0 fully saturated rings. The topological polar surface area (TPSA) is 17.1 Å². The van der Waals surface area contributed by atoms with Crippen molar-refractivity contribution < 1.29 is 9.18 Å². The number of benzene rings is 1. The first-order chi connectivity index (χ1) is 7.04. The van der Waals surface area contributed by atoms with Gasteiger partial charge < -0.3 is 0 Å². The van der Waals surface area contributed by atoms with E-state index in [-0.39, 0.29) is 17.5 Å². The van der Waals surface area contributed by atoms with Gasteiger partial charge in [0.15, 0.2) is 0 Å². The Kier molecular flexibility index (Phi) is 4.01. The predicted octanol–water partition coefficient (Wildman–Crippen LogP) is 3.29. The molecule has 1 rings (SSSR count). The molecule has 15 heavy (non-hydrogen) atoms. The molecule has 0 amide bonds. The minimum absolute atomic E-state index is 0.0921. The second kappa shape index (κ2) is 5.06. The summed E-state index contributed by atoms with van der Waals surface area (Å²) in [6.07, 6.45) is 1.28. The lowest BCUT2D eigenvalue weighted by Crippen LogP contribution is -2.13. The van der Waals surface area contributed by atoms with Crippen molar-refractivity contribution in [2.75, 3.05) is 0 Å². The summed E-state index contributed by atoms with van der Waals surface area (Å²) in [5.41, 5.74) is 1.79. The highest BCUT2D eigenvalue weighted by molar-refractivity contribution is 5.83. The highest BCUT2D eigenvalue weighted by Gasteiger charge is 2.12. The van der Waals surface area contributed by atoms with E-state index in [0.717, 1.165) is 17.5 Å². The molecule has 1 unspecified atom stereocenters. The number of rotatable bonds is 4. The Balaban J connectivity index is 2.77. The number of hydrogen-bond donors (Lipinski definition) is 0. The van der Waals surface area contributed by atoms with Gasteiger partial charge >= 0.3 is 0 Å². The second-order valence-corrected chi connectivity index (χ2v) is 4.02. The maximum atomic E-state index is 12.8. The first-order valence-electron chi connectivity index (χ1n) is 5.32. The Morgan fingerprint density at radius 2 is 2.13 bits per heavy atom. The van der Waals surface area contributed by atoms with E-state index in [1.165, 1.54) is 12.1 Å². The van der Waals surface area contributed by atoms with E-state index >= 15 is 0 Å². The molecule has 0 aliphatic rings. The quantitative estimate of drug-likeness (QED) is 0.742. The van der Waals surface area contributed by atoms with Gasteiger partial charge in [0.1, 0.15) is 11.6 Å². The van der Waals surface area contributed by atoms with Crippen LogP contribution in [0.3, 0.4) is 0 Å². The van der Waals surface area contributed by atoms with Crippen molar-refractivity contribution in [1.82, 2.24) is 0 Å². The Hall–Kier alpha value is -1.18. The Labute approximate surface area is 90.3 Å². The molecular weight excluding hydrogens is 191 g/mol. The average molecular weight is 208 g/mol. The minimum Gasteiger partial charge on any atom is -0.299 e. The van der Waals surface area contributed by atoms with Crippen LogP contribution in [0.1, 0.15) is 31.4 Å². The van der Waals surface area contributed by atoms with E-state index in [0.29, 0.717) is 6.42 Å². The van der Waals surface area contributed by atoms with Crippen molar-refractivity contribution in [3.63, 3.8) is 0 Å². The zero-order valence-corrected chi connectivity index (χ0v) is 9.51. The van der Waals surface area contributed by atoms with Gasteiger partial charge in [-0.1, -0.05) is 19.9 Å². The van der Waals surface area contributed by atoms with Crippen molar-refractivity contribution in [2.24, 2.45) is 5.92 Å². The molecule has 1 aromatic rings. The molecule has 1 aromatic carbocycles. The van der Waals surface area contributed by atoms with Gasteiger partial charge in [0, 0.05) is 12.3 Å². The molecule has 0 aromatic heterocycles. The fraction of sp³-hybridized carbons (Fsp3) is 0.462. The van der Waals surface area contributed by atoms with E-state index in [2.05, 4.69) is 0 Å². The third kappa shape index (κ3) is 3.15.